The molecule has 0 aromatic rings. The third-order valence-electron chi connectivity index (χ3n) is 5.10. The van der Waals surface area contributed by atoms with Gasteiger partial charge in [-0.3, -0.25) is 0 Å². The molecule has 0 aromatic carbocycles. The Morgan fingerprint density at radius 1 is 0.900 bits per heavy atom. The third kappa shape index (κ3) is 6.66. The van der Waals surface area contributed by atoms with Gasteiger partial charge < -0.3 is 54.2 Å². The Kier molecular flexibility index (Phi) is 10.1. The molecule has 30 heavy (non-hydrogen) atoms. The van der Waals surface area contributed by atoms with E-state index >= 15 is 0 Å². The highest BCUT2D eigenvalue weighted by Crippen LogP contribution is 2.38. The molecule has 10 atom stereocenters. The van der Waals surface area contributed by atoms with Crippen LogP contribution in [-0.4, -0.2) is 130 Å². The number of alkyl halides is 1. The number of aliphatic hydroxyl groups excluding tert-OH is 6. The molecule has 13 heteroatoms. The Bertz CT molecular complexity index is 578. The van der Waals surface area contributed by atoms with Crippen LogP contribution in [0.3, 0.4) is 0 Å². The van der Waals surface area contributed by atoms with Crippen molar-refractivity contribution >= 4 is 23.1 Å². The number of hydrogen-bond donors (Lipinski definition) is 6. The minimum Gasteiger partial charge on any atom is -0.394 e. The van der Waals surface area contributed by atoms with Crippen molar-refractivity contribution in [3.05, 3.63) is 0 Å². The van der Waals surface area contributed by atoms with Gasteiger partial charge in [-0.05, 0) is 19.8 Å². The summed E-state index contributed by atoms with van der Waals surface area (Å²) in [5.74, 6) is 0. The lowest BCUT2D eigenvalue weighted by atomic mass is 9.96. The zero-order valence-electron chi connectivity index (χ0n) is 16.9. The smallest absolute Gasteiger partial charge is 0.187 e. The largest absolute Gasteiger partial charge is 0.394 e. The predicted octanol–water partition coefficient (Wildman–Crippen LogP) is -1.96. The van der Waals surface area contributed by atoms with Gasteiger partial charge in [-0.2, -0.15) is 0 Å². The second kappa shape index (κ2) is 11.4. The lowest BCUT2D eigenvalue weighted by Crippen LogP contribution is -2.64. The summed E-state index contributed by atoms with van der Waals surface area (Å²) in [6.07, 6.45) is -13.5. The summed E-state index contributed by atoms with van der Waals surface area (Å²) in [6.45, 7) is 2.76. The standard InChI is InChI=1S/C17H32BrO11P/c1-30(2,25)6-3-8-10(20)12(22)14(24)16(27-8)29-15-13(23)11(21)9(7-19)28-17(15)26-5-4-18/h8-17,19-24H,3-7H2,1-2H3/t8?,9?,10-,11-,12+,13+,14?,15?,16-,17+/m1/s1. The molecule has 0 bridgehead atoms. The van der Waals surface area contributed by atoms with Gasteiger partial charge in [0.1, 0.15) is 42.7 Å². The summed E-state index contributed by atoms with van der Waals surface area (Å²) in [7, 11) is -2.42. The highest BCUT2D eigenvalue weighted by molar-refractivity contribution is 9.09. The van der Waals surface area contributed by atoms with Gasteiger partial charge in [0.05, 0.1) is 26.5 Å². The molecule has 0 aliphatic carbocycles. The molecule has 178 valence electrons. The molecule has 2 aliphatic heterocycles. The average Bonchev–Trinajstić information content (AvgIpc) is 2.69. The second-order valence-electron chi connectivity index (χ2n) is 7.97. The van der Waals surface area contributed by atoms with Gasteiger partial charge in [-0.25, -0.2) is 0 Å². The van der Waals surface area contributed by atoms with Gasteiger partial charge in [0.15, 0.2) is 12.6 Å². The maximum atomic E-state index is 12.0. The summed E-state index contributed by atoms with van der Waals surface area (Å²) < 4.78 is 34.2. The van der Waals surface area contributed by atoms with E-state index in [1.807, 2.05) is 0 Å². The molecule has 11 nitrogen and oxygen atoms in total. The van der Waals surface area contributed by atoms with E-state index in [1.165, 1.54) is 0 Å². The molecule has 6 N–H and O–H groups in total. The molecule has 0 spiro atoms. The predicted molar refractivity (Wildman–Crippen MR) is 108 cm³/mol. The normalized spacial score (nSPS) is 43.0. The molecule has 2 saturated heterocycles. The number of rotatable bonds is 9. The number of halogens is 1. The Morgan fingerprint density at radius 3 is 2.07 bits per heavy atom. The van der Waals surface area contributed by atoms with E-state index in [0.29, 0.717) is 5.33 Å². The molecule has 0 saturated carbocycles. The second-order valence-corrected chi connectivity index (χ2v) is 12.4. The van der Waals surface area contributed by atoms with Gasteiger partial charge in [-0.1, -0.05) is 15.9 Å². The quantitative estimate of drug-likeness (QED) is 0.146. The molecule has 0 aromatic heterocycles. The molecular weight excluding hydrogens is 491 g/mol. The molecule has 2 heterocycles. The molecule has 0 amide bonds. The van der Waals surface area contributed by atoms with Crippen molar-refractivity contribution in [2.24, 2.45) is 0 Å². The maximum absolute atomic E-state index is 12.0. The topological polar surface area (TPSA) is 175 Å². The Labute approximate surface area is 183 Å². The van der Waals surface area contributed by atoms with Gasteiger partial charge in [-0.15, -0.1) is 0 Å². The van der Waals surface area contributed by atoms with E-state index in [4.69, 9.17) is 18.9 Å². The maximum Gasteiger partial charge on any atom is 0.187 e. The van der Waals surface area contributed by atoms with E-state index in [1.54, 1.807) is 13.3 Å². The van der Waals surface area contributed by atoms with Crippen LogP contribution < -0.4 is 0 Å². The molecule has 0 radical (unpaired) electrons. The van der Waals surface area contributed by atoms with Gasteiger partial charge in [0, 0.05) is 11.5 Å². The summed E-state index contributed by atoms with van der Waals surface area (Å²) >= 11 is 3.19. The lowest BCUT2D eigenvalue weighted by Gasteiger charge is -2.46. The first-order chi connectivity index (χ1) is 14.0. The van der Waals surface area contributed by atoms with E-state index in [-0.39, 0.29) is 19.2 Å². The lowest BCUT2D eigenvalue weighted by molar-refractivity contribution is -0.365. The van der Waals surface area contributed by atoms with Gasteiger partial charge in [0.25, 0.3) is 0 Å². The van der Waals surface area contributed by atoms with Crippen molar-refractivity contribution in [3.63, 3.8) is 0 Å². The fourth-order valence-electron chi connectivity index (χ4n) is 3.36. The Balaban J connectivity index is 2.15. The van der Waals surface area contributed by atoms with Gasteiger partial charge in [0.2, 0.25) is 0 Å². The summed E-state index contributed by atoms with van der Waals surface area (Å²) in [5, 5.41) is 61.1. The van der Waals surface area contributed by atoms with Crippen molar-refractivity contribution in [2.75, 3.05) is 38.0 Å². The van der Waals surface area contributed by atoms with Crippen molar-refractivity contribution in [1.29, 1.82) is 0 Å². The zero-order chi connectivity index (χ0) is 22.6. The molecular formula is C17H32BrO11P. The summed E-state index contributed by atoms with van der Waals surface area (Å²) in [5.41, 5.74) is 0. The third-order valence-corrected chi connectivity index (χ3v) is 6.75. The fourth-order valence-corrected chi connectivity index (χ4v) is 4.42. The van der Waals surface area contributed by atoms with Crippen LogP contribution in [0.25, 0.3) is 0 Å². The number of aliphatic hydroxyl groups is 6. The van der Waals surface area contributed by atoms with Crippen LogP contribution in [0.5, 0.6) is 0 Å². The minimum atomic E-state index is -2.42. The molecule has 2 aliphatic rings. The van der Waals surface area contributed by atoms with Crippen LogP contribution >= 0.6 is 23.1 Å². The first-order valence-electron chi connectivity index (χ1n) is 9.69. The van der Waals surface area contributed by atoms with Crippen LogP contribution in [0, 0.1) is 0 Å². The zero-order valence-corrected chi connectivity index (χ0v) is 19.3. The number of ether oxygens (including phenoxy) is 4. The number of hydrogen-bond acceptors (Lipinski definition) is 11. The monoisotopic (exact) mass is 522 g/mol. The Hall–Kier alpha value is 0.310. The molecule has 2 rings (SSSR count). The van der Waals surface area contributed by atoms with Crippen molar-refractivity contribution < 1.29 is 54.2 Å². The first-order valence-corrected chi connectivity index (χ1v) is 13.6. The highest BCUT2D eigenvalue weighted by atomic mass is 79.9. The highest BCUT2D eigenvalue weighted by Gasteiger charge is 2.50. The van der Waals surface area contributed by atoms with E-state index < -0.39 is 75.2 Å². The van der Waals surface area contributed by atoms with Crippen LogP contribution in [0.1, 0.15) is 6.42 Å². The fraction of sp³-hybridized carbons (Fsp3) is 1.00. The van der Waals surface area contributed by atoms with E-state index in [9.17, 15) is 35.2 Å². The van der Waals surface area contributed by atoms with Gasteiger partial charge >= 0.3 is 0 Å². The van der Waals surface area contributed by atoms with Crippen LogP contribution in [0.4, 0.5) is 0 Å². The van der Waals surface area contributed by atoms with Crippen LogP contribution in [0.15, 0.2) is 0 Å². The van der Waals surface area contributed by atoms with Crippen molar-refractivity contribution in [3.8, 4) is 0 Å². The van der Waals surface area contributed by atoms with Crippen LogP contribution in [0.2, 0.25) is 0 Å². The van der Waals surface area contributed by atoms with Crippen molar-refractivity contribution in [2.45, 2.75) is 67.8 Å². The van der Waals surface area contributed by atoms with Crippen LogP contribution in [-0.2, 0) is 23.5 Å². The minimum absolute atomic E-state index is 0.150. The van der Waals surface area contributed by atoms with E-state index in [2.05, 4.69) is 15.9 Å². The Morgan fingerprint density at radius 2 is 1.50 bits per heavy atom. The van der Waals surface area contributed by atoms with E-state index in [0.717, 1.165) is 0 Å². The van der Waals surface area contributed by atoms with Crippen molar-refractivity contribution in [1.82, 2.24) is 0 Å². The average molecular weight is 523 g/mol. The summed E-state index contributed by atoms with van der Waals surface area (Å²) in [4.78, 5) is 0. The molecule has 4 unspecified atom stereocenters. The molecule has 2 fully saturated rings. The SMILES string of the molecule is CP(C)(=O)CCC1O[C@H](OC2[C@@H](OCCBr)OC(CO)[C@@H](O)[C@@H]2O)C(O)[C@@H](O)[C@@H]1O. The summed E-state index contributed by atoms with van der Waals surface area (Å²) in [6, 6.07) is 0. The first kappa shape index (κ1) is 26.6.